The van der Waals surface area contributed by atoms with Gasteiger partial charge in [0.25, 0.3) is 0 Å². The standard InChI is InChI=1S/C13H25NO2/c1-10(14-13(15)11(2)16-3)12-8-6-4-5-7-9-12/h10-12H,4-9H2,1-3H3,(H,14,15)/t10-,11?/m1/s1. The molecule has 1 rings (SSSR count). The molecule has 0 radical (unpaired) electrons. The fourth-order valence-corrected chi connectivity index (χ4v) is 2.38. The molecule has 94 valence electrons. The van der Waals surface area contributed by atoms with E-state index < -0.39 is 0 Å². The highest BCUT2D eigenvalue weighted by Crippen LogP contribution is 2.25. The van der Waals surface area contributed by atoms with Crippen LogP contribution in [0, 0.1) is 5.92 Å². The normalized spacial score (nSPS) is 22.2. The van der Waals surface area contributed by atoms with Crippen molar-refractivity contribution in [1.82, 2.24) is 5.32 Å². The zero-order valence-corrected chi connectivity index (χ0v) is 10.8. The predicted molar refractivity (Wildman–Crippen MR) is 65.3 cm³/mol. The molecule has 0 spiro atoms. The van der Waals surface area contributed by atoms with Crippen LogP contribution in [0.25, 0.3) is 0 Å². The van der Waals surface area contributed by atoms with Crippen molar-refractivity contribution in [2.45, 2.75) is 64.5 Å². The Hall–Kier alpha value is -0.570. The minimum Gasteiger partial charge on any atom is -0.372 e. The molecule has 3 nitrogen and oxygen atoms in total. The molecule has 1 fully saturated rings. The van der Waals surface area contributed by atoms with Gasteiger partial charge in [-0.3, -0.25) is 4.79 Å². The van der Waals surface area contributed by atoms with Crippen LogP contribution in [0.4, 0.5) is 0 Å². The van der Waals surface area contributed by atoms with Crippen LogP contribution in [-0.2, 0) is 9.53 Å². The molecule has 0 aliphatic heterocycles. The summed E-state index contributed by atoms with van der Waals surface area (Å²) in [6.07, 6.45) is 7.49. The fourth-order valence-electron chi connectivity index (χ4n) is 2.38. The van der Waals surface area contributed by atoms with Crippen LogP contribution in [0.2, 0.25) is 0 Å². The number of hydrogen-bond acceptors (Lipinski definition) is 2. The zero-order chi connectivity index (χ0) is 12.0. The number of hydrogen-bond donors (Lipinski definition) is 1. The van der Waals surface area contributed by atoms with Crippen LogP contribution in [0.3, 0.4) is 0 Å². The number of methoxy groups -OCH3 is 1. The summed E-state index contributed by atoms with van der Waals surface area (Å²) in [4.78, 5) is 11.7. The maximum atomic E-state index is 11.7. The van der Waals surface area contributed by atoms with Crippen molar-refractivity contribution < 1.29 is 9.53 Å². The third kappa shape index (κ3) is 4.12. The lowest BCUT2D eigenvalue weighted by Gasteiger charge is -2.24. The first-order valence-electron chi connectivity index (χ1n) is 6.48. The van der Waals surface area contributed by atoms with E-state index in [0.29, 0.717) is 5.92 Å². The summed E-state index contributed by atoms with van der Waals surface area (Å²) in [6, 6.07) is 0.281. The van der Waals surface area contributed by atoms with Gasteiger partial charge in [-0.1, -0.05) is 25.7 Å². The predicted octanol–water partition coefficient (Wildman–Crippen LogP) is 2.50. The van der Waals surface area contributed by atoms with Crippen molar-refractivity contribution in [2.75, 3.05) is 7.11 Å². The second-order valence-electron chi connectivity index (χ2n) is 4.93. The monoisotopic (exact) mass is 227 g/mol. The van der Waals surface area contributed by atoms with Crippen LogP contribution < -0.4 is 5.32 Å². The highest BCUT2D eigenvalue weighted by atomic mass is 16.5. The zero-order valence-electron chi connectivity index (χ0n) is 10.8. The molecule has 0 bridgehead atoms. The van der Waals surface area contributed by atoms with E-state index >= 15 is 0 Å². The highest BCUT2D eigenvalue weighted by molar-refractivity contribution is 5.80. The van der Waals surface area contributed by atoms with Crippen LogP contribution in [-0.4, -0.2) is 25.2 Å². The molecule has 1 saturated carbocycles. The lowest BCUT2D eigenvalue weighted by atomic mass is 9.93. The summed E-state index contributed by atoms with van der Waals surface area (Å²) in [7, 11) is 1.57. The molecule has 1 amide bonds. The van der Waals surface area contributed by atoms with Crippen molar-refractivity contribution in [1.29, 1.82) is 0 Å². The van der Waals surface area contributed by atoms with Crippen molar-refractivity contribution in [3.63, 3.8) is 0 Å². The maximum Gasteiger partial charge on any atom is 0.249 e. The van der Waals surface area contributed by atoms with Gasteiger partial charge in [-0.2, -0.15) is 0 Å². The first kappa shape index (κ1) is 13.5. The van der Waals surface area contributed by atoms with Gasteiger partial charge in [-0.25, -0.2) is 0 Å². The van der Waals surface area contributed by atoms with Crippen molar-refractivity contribution in [2.24, 2.45) is 5.92 Å². The molecule has 0 aromatic heterocycles. The van der Waals surface area contributed by atoms with E-state index in [1.54, 1.807) is 14.0 Å². The Morgan fingerprint density at radius 3 is 2.25 bits per heavy atom. The van der Waals surface area contributed by atoms with E-state index in [1.165, 1.54) is 38.5 Å². The number of nitrogens with one attached hydrogen (secondary N) is 1. The number of rotatable bonds is 4. The number of ether oxygens (including phenoxy) is 1. The molecule has 1 aliphatic rings. The topological polar surface area (TPSA) is 38.3 Å². The van der Waals surface area contributed by atoms with Crippen LogP contribution in [0.5, 0.6) is 0 Å². The SMILES string of the molecule is COC(C)C(=O)N[C@H](C)C1CCCCCC1. The third-order valence-electron chi connectivity index (χ3n) is 3.70. The Labute approximate surface area is 98.9 Å². The smallest absolute Gasteiger partial charge is 0.249 e. The summed E-state index contributed by atoms with van der Waals surface area (Å²) in [5.74, 6) is 0.662. The number of carbonyl (C=O) groups excluding carboxylic acids is 1. The Bertz CT molecular complexity index is 210. The summed E-state index contributed by atoms with van der Waals surface area (Å²) >= 11 is 0. The van der Waals surface area contributed by atoms with Gasteiger partial charge in [-0.15, -0.1) is 0 Å². The van der Waals surface area contributed by atoms with E-state index in [2.05, 4.69) is 12.2 Å². The summed E-state index contributed by atoms with van der Waals surface area (Å²) in [5.41, 5.74) is 0. The largest absolute Gasteiger partial charge is 0.372 e. The molecule has 0 saturated heterocycles. The van der Waals surface area contributed by atoms with Gasteiger partial charge in [-0.05, 0) is 32.6 Å². The first-order valence-corrected chi connectivity index (χ1v) is 6.48. The summed E-state index contributed by atoms with van der Waals surface area (Å²) in [6.45, 7) is 3.91. The minimum atomic E-state index is -0.340. The summed E-state index contributed by atoms with van der Waals surface area (Å²) in [5, 5.41) is 3.06. The highest BCUT2D eigenvalue weighted by Gasteiger charge is 2.22. The molecule has 16 heavy (non-hydrogen) atoms. The molecule has 1 aliphatic carbocycles. The lowest BCUT2D eigenvalue weighted by Crippen LogP contribution is -2.43. The van der Waals surface area contributed by atoms with Gasteiger partial charge in [0, 0.05) is 13.2 Å². The van der Waals surface area contributed by atoms with Crippen molar-refractivity contribution in [3.05, 3.63) is 0 Å². The second-order valence-corrected chi connectivity index (χ2v) is 4.93. The van der Waals surface area contributed by atoms with E-state index in [9.17, 15) is 4.79 Å². The van der Waals surface area contributed by atoms with E-state index in [-0.39, 0.29) is 18.1 Å². The van der Waals surface area contributed by atoms with Crippen LogP contribution in [0.15, 0.2) is 0 Å². The number of carbonyl (C=O) groups is 1. The molecule has 3 heteroatoms. The molecular formula is C13H25NO2. The Balaban J connectivity index is 2.37. The third-order valence-corrected chi connectivity index (χ3v) is 3.70. The van der Waals surface area contributed by atoms with Crippen molar-refractivity contribution in [3.8, 4) is 0 Å². The molecule has 0 aromatic rings. The van der Waals surface area contributed by atoms with E-state index in [1.807, 2.05) is 0 Å². The maximum absolute atomic E-state index is 11.7. The second kappa shape index (κ2) is 6.89. The van der Waals surface area contributed by atoms with Gasteiger partial charge < -0.3 is 10.1 Å². The molecular weight excluding hydrogens is 202 g/mol. The average molecular weight is 227 g/mol. The lowest BCUT2D eigenvalue weighted by molar-refractivity contribution is -0.131. The summed E-state index contributed by atoms with van der Waals surface area (Å²) < 4.78 is 5.01. The molecule has 1 unspecified atom stereocenters. The molecule has 1 N–H and O–H groups in total. The Morgan fingerprint density at radius 2 is 1.75 bits per heavy atom. The van der Waals surface area contributed by atoms with E-state index in [0.717, 1.165) is 0 Å². The first-order chi connectivity index (χ1) is 7.65. The number of amides is 1. The van der Waals surface area contributed by atoms with Gasteiger partial charge in [0.2, 0.25) is 5.91 Å². The van der Waals surface area contributed by atoms with Crippen molar-refractivity contribution >= 4 is 5.91 Å². The van der Waals surface area contributed by atoms with Crippen LogP contribution >= 0.6 is 0 Å². The Kier molecular flexibility index (Phi) is 5.81. The van der Waals surface area contributed by atoms with Gasteiger partial charge in [0.1, 0.15) is 6.10 Å². The van der Waals surface area contributed by atoms with Crippen LogP contribution in [0.1, 0.15) is 52.4 Å². The van der Waals surface area contributed by atoms with Gasteiger partial charge in [0.05, 0.1) is 0 Å². The average Bonchev–Trinajstić information content (AvgIpc) is 2.56. The molecule has 0 aromatic carbocycles. The van der Waals surface area contributed by atoms with E-state index in [4.69, 9.17) is 4.74 Å². The fraction of sp³-hybridized carbons (Fsp3) is 0.923. The molecule has 0 heterocycles. The molecule has 2 atom stereocenters. The quantitative estimate of drug-likeness (QED) is 0.749. The minimum absolute atomic E-state index is 0.0132. The van der Waals surface area contributed by atoms with Gasteiger partial charge >= 0.3 is 0 Å². The Morgan fingerprint density at radius 1 is 1.19 bits per heavy atom. The van der Waals surface area contributed by atoms with Gasteiger partial charge in [0.15, 0.2) is 0 Å².